The summed E-state index contributed by atoms with van der Waals surface area (Å²) in [6, 6.07) is 1.45. The molecule has 2 atom stereocenters. The van der Waals surface area contributed by atoms with E-state index in [0.717, 1.165) is 17.9 Å². The van der Waals surface area contributed by atoms with E-state index in [9.17, 15) is 0 Å². The molecule has 20 heavy (non-hydrogen) atoms. The number of hydrogen-bond donors (Lipinski definition) is 1. The smallest absolute Gasteiger partial charge is 0.0244 e. The molecule has 0 bridgehead atoms. The lowest BCUT2D eigenvalue weighted by molar-refractivity contribution is 0.00600. The first-order chi connectivity index (χ1) is 9.46. The van der Waals surface area contributed by atoms with Crippen LogP contribution in [0.5, 0.6) is 0 Å². The Balaban J connectivity index is 1.99. The minimum Gasteiger partial charge on any atom is -0.311 e. The highest BCUT2D eigenvalue weighted by Gasteiger charge is 2.40. The number of nitrogens with zero attached hydrogens (tertiary/aromatic N) is 1. The van der Waals surface area contributed by atoms with E-state index in [2.05, 4.69) is 44.8 Å². The fourth-order valence-corrected chi connectivity index (χ4v) is 4.20. The Morgan fingerprint density at radius 3 is 2.35 bits per heavy atom. The average Bonchev–Trinajstić information content (AvgIpc) is 2.33. The first-order valence-electron chi connectivity index (χ1n) is 8.93. The van der Waals surface area contributed by atoms with E-state index in [4.69, 9.17) is 0 Å². The van der Waals surface area contributed by atoms with E-state index >= 15 is 0 Å². The second-order valence-electron chi connectivity index (χ2n) is 8.18. The molecule has 2 rings (SSSR count). The molecule has 1 aliphatic carbocycles. The maximum atomic E-state index is 3.81. The van der Waals surface area contributed by atoms with Crippen molar-refractivity contribution in [3.05, 3.63) is 0 Å². The van der Waals surface area contributed by atoms with E-state index < -0.39 is 0 Å². The van der Waals surface area contributed by atoms with Crippen molar-refractivity contribution in [2.24, 2.45) is 17.3 Å². The zero-order valence-corrected chi connectivity index (χ0v) is 14.4. The molecule has 0 spiro atoms. The summed E-state index contributed by atoms with van der Waals surface area (Å²) in [5.41, 5.74) is 0.660. The fraction of sp³-hybridized carbons (Fsp3) is 1.00. The van der Waals surface area contributed by atoms with Gasteiger partial charge in [0.15, 0.2) is 0 Å². The molecule has 1 saturated carbocycles. The standard InChI is InChI=1S/C18H36N2/c1-6-18(8-7-9-18)13-20-12-16(10-14(2)3)19-11-17(20)15(4)5/h14-17,19H,6-13H2,1-5H3. The molecule has 1 saturated heterocycles. The largest absolute Gasteiger partial charge is 0.311 e. The SMILES string of the molecule is CCC1(CN2CC(CC(C)C)NCC2C(C)C)CCC1. The van der Waals surface area contributed by atoms with Crippen LogP contribution in [0.25, 0.3) is 0 Å². The molecule has 118 valence electrons. The molecular weight excluding hydrogens is 244 g/mol. The Labute approximate surface area is 126 Å². The molecule has 2 fully saturated rings. The van der Waals surface area contributed by atoms with Gasteiger partial charge in [-0.2, -0.15) is 0 Å². The van der Waals surface area contributed by atoms with Crippen LogP contribution >= 0.6 is 0 Å². The second kappa shape index (κ2) is 6.79. The highest BCUT2D eigenvalue weighted by Crippen LogP contribution is 2.45. The summed E-state index contributed by atoms with van der Waals surface area (Å²) in [4.78, 5) is 2.84. The molecule has 0 amide bonds. The highest BCUT2D eigenvalue weighted by atomic mass is 15.2. The van der Waals surface area contributed by atoms with Crippen molar-refractivity contribution in [3.8, 4) is 0 Å². The monoisotopic (exact) mass is 280 g/mol. The summed E-state index contributed by atoms with van der Waals surface area (Å²) in [5.74, 6) is 1.56. The van der Waals surface area contributed by atoms with Crippen LogP contribution in [0.1, 0.15) is 66.7 Å². The van der Waals surface area contributed by atoms with Crippen LogP contribution in [0.15, 0.2) is 0 Å². The van der Waals surface area contributed by atoms with Gasteiger partial charge in [0.1, 0.15) is 0 Å². The van der Waals surface area contributed by atoms with Crippen molar-refractivity contribution in [2.75, 3.05) is 19.6 Å². The summed E-state index contributed by atoms with van der Waals surface area (Å²) in [5, 5.41) is 3.81. The van der Waals surface area contributed by atoms with Gasteiger partial charge in [-0.05, 0) is 42.9 Å². The van der Waals surface area contributed by atoms with Crippen LogP contribution in [-0.4, -0.2) is 36.6 Å². The molecular formula is C18H36N2. The number of hydrogen-bond acceptors (Lipinski definition) is 2. The summed E-state index contributed by atoms with van der Waals surface area (Å²) in [7, 11) is 0. The van der Waals surface area contributed by atoms with E-state index in [0.29, 0.717) is 11.5 Å². The van der Waals surface area contributed by atoms with Gasteiger partial charge in [0, 0.05) is 31.7 Å². The molecule has 0 radical (unpaired) electrons. The molecule has 1 aliphatic heterocycles. The fourth-order valence-electron chi connectivity index (χ4n) is 4.20. The third-order valence-electron chi connectivity index (χ3n) is 5.77. The second-order valence-corrected chi connectivity index (χ2v) is 8.18. The topological polar surface area (TPSA) is 15.3 Å². The molecule has 1 N–H and O–H groups in total. The van der Waals surface area contributed by atoms with Gasteiger partial charge < -0.3 is 5.32 Å². The molecule has 1 heterocycles. The lowest BCUT2D eigenvalue weighted by atomic mass is 9.66. The normalized spacial score (nSPS) is 30.8. The first kappa shape index (κ1) is 16.3. The van der Waals surface area contributed by atoms with Gasteiger partial charge in [-0.15, -0.1) is 0 Å². The molecule has 0 aromatic heterocycles. The van der Waals surface area contributed by atoms with Crippen molar-refractivity contribution in [2.45, 2.75) is 78.8 Å². The lowest BCUT2D eigenvalue weighted by Gasteiger charge is -2.50. The number of nitrogens with one attached hydrogen (secondary N) is 1. The maximum absolute atomic E-state index is 3.81. The van der Waals surface area contributed by atoms with Crippen LogP contribution in [0.4, 0.5) is 0 Å². The van der Waals surface area contributed by atoms with Gasteiger partial charge in [0.25, 0.3) is 0 Å². The summed E-state index contributed by atoms with van der Waals surface area (Å²) >= 11 is 0. The highest BCUT2D eigenvalue weighted by molar-refractivity contribution is 4.95. The summed E-state index contributed by atoms with van der Waals surface area (Å²) < 4.78 is 0. The van der Waals surface area contributed by atoms with Gasteiger partial charge >= 0.3 is 0 Å². The van der Waals surface area contributed by atoms with Crippen molar-refractivity contribution in [1.82, 2.24) is 10.2 Å². The van der Waals surface area contributed by atoms with Crippen LogP contribution < -0.4 is 5.32 Å². The van der Waals surface area contributed by atoms with Crippen molar-refractivity contribution < 1.29 is 0 Å². The maximum Gasteiger partial charge on any atom is 0.0244 e. The van der Waals surface area contributed by atoms with E-state index in [1.165, 1.54) is 51.7 Å². The summed E-state index contributed by atoms with van der Waals surface area (Å²) in [6.07, 6.45) is 7.08. The quantitative estimate of drug-likeness (QED) is 0.793. The summed E-state index contributed by atoms with van der Waals surface area (Å²) in [6.45, 7) is 15.7. The van der Waals surface area contributed by atoms with Crippen molar-refractivity contribution >= 4 is 0 Å². The Kier molecular flexibility index (Phi) is 5.53. The zero-order valence-electron chi connectivity index (χ0n) is 14.4. The van der Waals surface area contributed by atoms with Crippen LogP contribution in [0, 0.1) is 17.3 Å². The van der Waals surface area contributed by atoms with Gasteiger partial charge in [0.05, 0.1) is 0 Å². The zero-order chi connectivity index (χ0) is 14.8. The Morgan fingerprint density at radius 1 is 1.20 bits per heavy atom. The van der Waals surface area contributed by atoms with Crippen molar-refractivity contribution in [3.63, 3.8) is 0 Å². The molecule has 0 aromatic rings. The van der Waals surface area contributed by atoms with Crippen LogP contribution in [-0.2, 0) is 0 Å². The Bertz CT molecular complexity index is 288. The van der Waals surface area contributed by atoms with Gasteiger partial charge in [-0.1, -0.05) is 41.0 Å². The minimum atomic E-state index is 0.660. The Morgan fingerprint density at radius 2 is 1.90 bits per heavy atom. The molecule has 2 aliphatic rings. The van der Waals surface area contributed by atoms with Gasteiger partial charge in [-0.25, -0.2) is 0 Å². The minimum absolute atomic E-state index is 0.660. The molecule has 2 heteroatoms. The third-order valence-corrected chi connectivity index (χ3v) is 5.77. The van der Waals surface area contributed by atoms with Crippen LogP contribution in [0.3, 0.4) is 0 Å². The Hall–Kier alpha value is -0.0800. The van der Waals surface area contributed by atoms with Crippen LogP contribution in [0.2, 0.25) is 0 Å². The third kappa shape index (κ3) is 3.76. The number of piperazine rings is 1. The average molecular weight is 281 g/mol. The van der Waals surface area contributed by atoms with E-state index in [1.807, 2.05) is 0 Å². The molecule has 2 nitrogen and oxygen atoms in total. The van der Waals surface area contributed by atoms with Gasteiger partial charge in [-0.3, -0.25) is 4.90 Å². The first-order valence-corrected chi connectivity index (χ1v) is 8.93. The van der Waals surface area contributed by atoms with Crippen molar-refractivity contribution in [1.29, 1.82) is 0 Å². The van der Waals surface area contributed by atoms with E-state index in [1.54, 1.807) is 0 Å². The predicted octanol–water partition coefficient (Wildman–Crippen LogP) is 3.91. The molecule has 0 aromatic carbocycles. The van der Waals surface area contributed by atoms with E-state index in [-0.39, 0.29) is 0 Å². The lowest BCUT2D eigenvalue weighted by Crippen LogP contribution is -2.61. The molecule has 2 unspecified atom stereocenters. The number of rotatable bonds is 6. The van der Waals surface area contributed by atoms with Gasteiger partial charge in [0.2, 0.25) is 0 Å². The predicted molar refractivity (Wildman–Crippen MR) is 88.0 cm³/mol.